The Labute approximate surface area is 104 Å². The van der Waals surface area contributed by atoms with Gasteiger partial charge >= 0.3 is 5.82 Å². The van der Waals surface area contributed by atoms with E-state index >= 15 is 0 Å². The first-order chi connectivity index (χ1) is 8.58. The first kappa shape index (κ1) is 12.3. The molecule has 1 aromatic rings. The van der Waals surface area contributed by atoms with E-state index in [2.05, 4.69) is 10.3 Å². The van der Waals surface area contributed by atoms with E-state index in [-0.39, 0.29) is 17.8 Å². The number of nitro groups is 1. The Hall–Kier alpha value is -2.18. The number of carbonyl (C=O) groups is 1. The molecule has 1 unspecified atom stereocenters. The average Bonchev–Trinajstić information content (AvgIpc) is 2.34. The van der Waals surface area contributed by atoms with E-state index in [1.165, 1.54) is 6.20 Å². The first-order valence-corrected chi connectivity index (χ1v) is 5.68. The smallest absolute Gasteiger partial charge is 0.374 e. The number of pyridine rings is 1. The fourth-order valence-electron chi connectivity index (χ4n) is 2.01. The highest BCUT2D eigenvalue weighted by molar-refractivity contribution is 5.77. The minimum atomic E-state index is -0.514. The highest BCUT2D eigenvalue weighted by Gasteiger charge is 2.25. The lowest BCUT2D eigenvalue weighted by molar-refractivity contribution is -0.388. The minimum absolute atomic E-state index is 0.0237. The van der Waals surface area contributed by atoms with Crippen molar-refractivity contribution in [3.63, 3.8) is 0 Å². The summed E-state index contributed by atoms with van der Waals surface area (Å²) >= 11 is 0. The largest absolute Gasteiger partial charge is 0.386 e. The van der Waals surface area contributed by atoms with Gasteiger partial charge in [0.2, 0.25) is 5.91 Å². The van der Waals surface area contributed by atoms with Crippen LogP contribution in [0.25, 0.3) is 0 Å². The standard InChI is InChI=1S/C11H14N4O3/c1-14-7-8(4-5-10(14)16)13-9-3-2-6-12-11(9)15(17)18/h2-3,6,8,13H,4-5,7H2,1H3. The molecule has 1 aromatic heterocycles. The zero-order valence-corrected chi connectivity index (χ0v) is 10.00. The van der Waals surface area contributed by atoms with Gasteiger partial charge in [-0.2, -0.15) is 0 Å². The van der Waals surface area contributed by atoms with Crippen molar-refractivity contribution < 1.29 is 9.72 Å². The maximum atomic E-state index is 11.3. The molecule has 2 rings (SSSR count). The van der Waals surface area contributed by atoms with E-state index in [1.54, 1.807) is 24.1 Å². The number of hydrogen-bond donors (Lipinski definition) is 1. The van der Waals surface area contributed by atoms with Crippen molar-refractivity contribution in [3.05, 3.63) is 28.4 Å². The van der Waals surface area contributed by atoms with Gasteiger partial charge in [-0.25, -0.2) is 0 Å². The van der Waals surface area contributed by atoms with Gasteiger partial charge in [-0.15, -0.1) is 0 Å². The zero-order valence-electron chi connectivity index (χ0n) is 10.00. The van der Waals surface area contributed by atoms with E-state index in [0.29, 0.717) is 25.1 Å². The molecule has 7 nitrogen and oxygen atoms in total. The summed E-state index contributed by atoms with van der Waals surface area (Å²) in [5.74, 6) is -0.0780. The number of aromatic nitrogens is 1. The Morgan fingerprint density at radius 1 is 1.61 bits per heavy atom. The second-order valence-corrected chi connectivity index (χ2v) is 4.29. The number of hydrogen-bond acceptors (Lipinski definition) is 5. The lowest BCUT2D eigenvalue weighted by atomic mass is 10.1. The summed E-state index contributed by atoms with van der Waals surface area (Å²) in [6.45, 7) is 0.547. The van der Waals surface area contributed by atoms with Gasteiger partial charge in [-0.1, -0.05) is 0 Å². The number of nitrogens with one attached hydrogen (secondary N) is 1. The fraction of sp³-hybridized carbons (Fsp3) is 0.455. The quantitative estimate of drug-likeness (QED) is 0.639. The molecule has 18 heavy (non-hydrogen) atoms. The normalized spacial score (nSPS) is 19.7. The minimum Gasteiger partial charge on any atom is -0.374 e. The van der Waals surface area contributed by atoms with Crippen LogP contribution in [0.5, 0.6) is 0 Å². The molecule has 0 saturated carbocycles. The Kier molecular flexibility index (Phi) is 3.40. The van der Waals surface area contributed by atoms with Crippen molar-refractivity contribution >= 4 is 17.4 Å². The van der Waals surface area contributed by atoms with Crippen LogP contribution in [0.4, 0.5) is 11.5 Å². The lowest BCUT2D eigenvalue weighted by Gasteiger charge is -2.30. The number of piperidine rings is 1. The lowest BCUT2D eigenvalue weighted by Crippen LogP contribution is -2.43. The number of likely N-dealkylation sites (tertiary alicyclic amines) is 1. The van der Waals surface area contributed by atoms with Gasteiger partial charge < -0.3 is 20.3 Å². The van der Waals surface area contributed by atoms with Gasteiger partial charge in [0.05, 0.1) is 0 Å². The van der Waals surface area contributed by atoms with Crippen LogP contribution in [0.1, 0.15) is 12.8 Å². The molecular formula is C11H14N4O3. The van der Waals surface area contributed by atoms with Gasteiger partial charge in [0.15, 0.2) is 0 Å². The van der Waals surface area contributed by atoms with Crippen molar-refractivity contribution in [2.75, 3.05) is 18.9 Å². The molecule has 0 aliphatic carbocycles. The summed E-state index contributed by atoms with van der Waals surface area (Å²) in [6, 6.07) is 3.30. The highest BCUT2D eigenvalue weighted by Crippen LogP contribution is 2.23. The number of anilines is 1. The molecule has 0 bridgehead atoms. The number of rotatable bonds is 3. The summed E-state index contributed by atoms with van der Waals surface area (Å²) < 4.78 is 0. The number of likely N-dealkylation sites (N-methyl/N-ethyl adjacent to an activating group) is 1. The third-order valence-corrected chi connectivity index (χ3v) is 2.95. The third-order valence-electron chi connectivity index (χ3n) is 2.95. The fourth-order valence-corrected chi connectivity index (χ4v) is 2.01. The van der Waals surface area contributed by atoms with Crippen LogP contribution in [-0.4, -0.2) is 40.3 Å². The van der Waals surface area contributed by atoms with Crippen LogP contribution < -0.4 is 5.32 Å². The van der Waals surface area contributed by atoms with Crippen LogP contribution in [0.3, 0.4) is 0 Å². The van der Waals surface area contributed by atoms with Crippen LogP contribution in [0, 0.1) is 10.1 Å². The molecule has 0 aromatic carbocycles. The topological polar surface area (TPSA) is 88.4 Å². The highest BCUT2D eigenvalue weighted by atomic mass is 16.6. The van der Waals surface area contributed by atoms with E-state index in [4.69, 9.17) is 0 Å². The van der Waals surface area contributed by atoms with Crippen molar-refractivity contribution in [3.8, 4) is 0 Å². The molecule has 1 aliphatic heterocycles. The number of amides is 1. The van der Waals surface area contributed by atoms with Gasteiger partial charge in [0.1, 0.15) is 11.9 Å². The molecule has 0 spiro atoms. The summed E-state index contributed by atoms with van der Waals surface area (Å²) in [6.07, 6.45) is 2.53. The zero-order chi connectivity index (χ0) is 13.1. The van der Waals surface area contributed by atoms with E-state index in [1.807, 2.05) is 0 Å². The molecule has 96 valence electrons. The molecule has 1 saturated heterocycles. The number of nitrogens with zero attached hydrogens (tertiary/aromatic N) is 3. The molecular weight excluding hydrogens is 236 g/mol. The van der Waals surface area contributed by atoms with Gasteiger partial charge in [0.25, 0.3) is 0 Å². The van der Waals surface area contributed by atoms with E-state index in [0.717, 1.165) is 0 Å². The molecule has 1 atom stereocenters. The van der Waals surface area contributed by atoms with E-state index < -0.39 is 4.92 Å². The molecule has 1 fully saturated rings. The van der Waals surface area contributed by atoms with Crippen LogP contribution in [-0.2, 0) is 4.79 Å². The van der Waals surface area contributed by atoms with Crippen molar-refractivity contribution in [2.45, 2.75) is 18.9 Å². The van der Waals surface area contributed by atoms with Crippen molar-refractivity contribution in [2.24, 2.45) is 0 Å². The Balaban J connectivity index is 2.10. The predicted octanol–water partition coefficient (Wildman–Crippen LogP) is 1.02. The maximum Gasteiger partial charge on any atom is 0.386 e. The van der Waals surface area contributed by atoms with Gasteiger partial charge in [-0.3, -0.25) is 4.79 Å². The molecule has 1 aliphatic rings. The molecule has 0 radical (unpaired) electrons. The molecule has 7 heteroatoms. The monoisotopic (exact) mass is 250 g/mol. The third kappa shape index (κ3) is 2.55. The van der Waals surface area contributed by atoms with Crippen LogP contribution >= 0.6 is 0 Å². The van der Waals surface area contributed by atoms with Gasteiger partial charge in [-0.05, 0) is 28.5 Å². The molecule has 2 heterocycles. The van der Waals surface area contributed by atoms with Crippen molar-refractivity contribution in [1.82, 2.24) is 9.88 Å². The van der Waals surface area contributed by atoms with E-state index in [9.17, 15) is 14.9 Å². The second-order valence-electron chi connectivity index (χ2n) is 4.29. The summed E-state index contributed by atoms with van der Waals surface area (Å²) in [4.78, 5) is 27.0. The maximum absolute atomic E-state index is 11.3. The average molecular weight is 250 g/mol. The summed E-state index contributed by atoms with van der Waals surface area (Å²) in [5.41, 5.74) is 0.398. The summed E-state index contributed by atoms with van der Waals surface area (Å²) in [5, 5.41) is 13.9. The molecule has 1 amide bonds. The SMILES string of the molecule is CN1CC(Nc2cccnc2[N+](=O)[O-])CCC1=O. The van der Waals surface area contributed by atoms with Crippen molar-refractivity contribution in [1.29, 1.82) is 0 Å². The Morgan fingerprint density at radius 3 is 3.06 bits per heavy atom. The predicted molar refractivity (Wildman–Crippen MR) is 65.2 cm³/mol. The second kappa shape index (κ2) is 4.99. The van der Waals surface area contributed by atoms with Gasteiger partial charge in [0, 0.05) is 26.1 Å². The summed E-state index contributed by atoms with van der Waals surface area (Å²) in [7, 11) is 1.73. The first-order valence-electron chi connectivity index (χ1n) is 5.68. The van der Waals surface area contributed by atoms with Crippen LogP contribution in [0.15, 0.2) is 18.3 Å². The Morgan fingerprint density at radius 2 is 2.39 bits per heavy atom. The molecule has 1 N–H and O–H groups in total. The Bertz CT molecular complexity index is 477. The number of carbonyl (C=O) groups excluding carboxylic acids is 1. The van der Waals surface area contributed by atoms with Crippen LogP contribution in [0.2, 0.25) is 0 Å².